The molecule has 3 rings (SSSR count). The van der Waals surface area contributed by atoms with Gasteiger partial charge in [-0.05, 0) is 35.7 Å². The maximum absolute atomic E-state index is 12.3. The van der Waals surface area contributed by atoms with Gasteiger partial charge in [-0.3, -0.25) is 9.59 Å². The van der Waals surface area contributed by atoms with Crippen molar-refractivity contribution in [3.63, 3.8) is 0 Å². The standard InChI is InChI=1S/C18H17NO2/c1-12-14-8-5-9-16(15(14)10-11-17(12)20)19-18(21)13-6-3-2-4-7-13/h2-9,12H,10-11H2,1H3,(H,19,21). The van der Waals surface area contributed by atoms with Crippen LogP contribution in [-0.4, -0.2) is 11.7 Å². The van der Waals surface area contributed by atoms with Gasteiger partial charge in [0.1, 0.15) is 5.78 Å². The number of rotatable bonds is 2. The molecular formula is C18H17NO2. The lowest BCUT2D eigenvalue weighted by atomic mass is 9.82. The largest absolute Gasteiger partial charge is 0.322 e. The average Bonchev–Trinajstić information content (AvgIpc) is 2.52. The predicted molar refractivity (Wildman–Crippen MR) is 82.6 cm³/mol. The van der Waals surface area contributed by atoms with Crippen LogP contribution < -0.4 is 5.32 Å². The van der Waals surface area contributed by atoms with Crippen molar-refractivity contribution in [1.82, 2.24) is 0 Å². The molecule has 106 valence electrons. The molecule has 21 heavy (non-hydrogen) atoms. The molecule has 0 fully saturated rings. The van der Waals surface area contributed by atoms with E-state index in [9.17, 15) is 9.59 Å². The summed E-state index contributed by atoms with van der Waals surface area (Å²) in [6.45, 7) is 1.93. The summed E-state index contributed by atoms with van der Waals surface area (Å²) in [5.41, 5.74) is 3.58. The first-order valence-corrected chi connectivity index (χ1v) is 7.17. The Bertz CT molecular complexity index is 692. The van der Waals surface area contributed by atoms with Gasteiger partial charge in [0, 0.05) is 23.6 Å². The summed E-state index contributed by atoms with van der Waals surface area (Å²) in [7, 11) is 0. The van der Waals surface area contributed by atoms with Gasteiger partial charge in [-0.1, -0.05) is 37.3 Å². The number of fused-ring (bicyclic) bond motifs is 1. The molecule has 0 aliphatic heterocycles. The van der Waals surface area contributed by atoms with Crippen LogP contribution in [0.2, 0.25) is 0 Å². The fraction of sp³-hybridized carbons (Fsp3) is 0.222. The van der Waals surface area contributed by atoms with Gasteiger partial charge >= 0.3 is 0 Å². The second-order valence-corrected chi connectivity index (χ2v) is 5.38. The van der Waals surface area contributed by atoms with E-state index >= 15 is 0 Å². The molecule has 0 aromatic heterocycles. The summed E-state index contributed by atoms with van der Waals surface area (Å²) in [6.07, 6.45) is 1.25. The zero-order valence-corrected chi connectivity index (χ0v) is 11.9. The van der Waals surface area contributed by atoms with Crippen molar-refractivity contribution in [2.75, 3.05) is 5.32 Å². The van der Waals surface area contributed by atoms with E-state index < -0.39 is 0 Å². The number of Topliss-reactive ketones (excluding diaryl/α,β-unsaturated/α-hetero) is 1. The van der Waals surface area contributed by atoms with Gasteiger partial charge in [-0.15, -0.1) is 0 Å². The van der Waals surface area contributed by atoms with Gasteiger partial charge in [0.25, 0.3) is 5.91 Å². The van der Waals surface area contributed by atoms with E-state index in [4.69, 9.17) is 0 Å². The Labute approximate surface area is 124 Å². The van der Waals surface area contributed by atoms with Crippen molar-refractivity contribution < 1.29 is 9.59 Å². The van der Waals surface area contributed by atoms with Crippen LogP contribution in [0.15, 0.2) is 48.5 Å². The number of ketones is 1. The smallest absolute Gasteiger partial charge is 0.255 e. The number of benzene rings is 2. The van der Waals surface area contributed by atoms with Gasteiger partial charge in [0.05, 0.1) is 0 Å². The number of nitrogens with one attached hydrogen (secondary N) is 1. The number of amides is 1. The number of anilines is 1. The lowest BCUT2D eigenvalue weighted by molar-refractivity contribution is -0.120. The van der Waals surface area contributed by atoms with Crippen LogP contribution in [0.4, 0.5) is 5.69 Å². The summed E-state index contributed by atoms with van der Waals surface area (Å²) >= 11 is 0. The van der Waals surface area contributed by atoms with Crippen LogP contribution in [-0.2, 0) is 11.2 Å². The topological polar surface area (TPSA) is 46.2 Å². The molecule has 2 aromatic carbocycles. The first kappa shape index (κ1) is 13.6. The fourth-order valence-corrected chi connectivity index (χ4v) is 2.83. The zero-order valence-electron chi connectivity index (χ0n) is 11.9. The second kappa shape index (κ2) is 5.52. The molecule has 0 bridgehead atoms. The highest BCUT2D eigenvalue weighted by Crippen LogP contribution is 2.33. The highest BCUT2D eigenvalue weighted by Gasteiger charge is 2.25. The molecule has 3 heteroatoms. The van der Waals surface area contributed by atoms with Crippen LogP contribution in [0.25, 0.3) is 0 Å². The molecule has 1 unspecified atom stereocenters. The minimum absolute atomic E-state index is 0.0812. The highest BCUT2D eigenvalue weighted by molar-refractivity contribution is 6.05. The minimum atomic E-state index is -0.117. The molecule has 0 heterocycles. The quantitative estimate of drug-likeness (QED) is 0.913. The SMILES string of the molecule is CC1C(=O)CCc2c(NC(=O)c3ccccc3)cccc21. The van der Waals surface area contributed by atoms with Crippen LogP contribution in [0, 0.1) is 0 Å². The third-order valence-electron chi connectivity index (χ3n) is 4.07. The van der Waals surface area contributed by atoms with E-state index in [0.29, 0.717) is 18.4 Å². The minimum Gasteiger partial charge on any atom is -0.322 e. The van der Waals surface area contributed by atoms with Crippen LogP contribution in [0.3, 0.4) is 0 Å². The van der Waals surface area contributed by atoms with Gasteiger partial charge in [0.15, 0.2) is 0 Å². The predicted octanol–water partition coefficient (Wildman–Crippen LogP) is 3.56. The first-order valence-electron chi connectivity index (χ1n) is 7.17. The lowest BCUT2D eigenvalue weighted by Gasteiger charge is -2.23. The highest BCUT2D eigenvalue weighted by atomic mass is 16.1. The molecule has 1 N–H and O–H groups in total. The van der Waals surface area contributed by atoms with Crippen molar-refractivity contribution >= 4 is 17.4 Å². The summed E-state index contributed by atoms with van der Waals surface area (Å²) in [5, 5.41) is 2.97. The number of hydrogen-bond acceptors (Lipinski definition) is 2. The van der Waals surface area contributed by atoms with Crippen molar-refractivity contribution in [2.45, 2.75) is 25.7 Å². The second-order valence-electron chi connectivity index (χ2n) is 5.38. The first-order chi connectivity index (χ1) is 10.2. The van der Waals surface area contributed by atoms with Crippen molar-refractivity contribution in [2.24, 2.45) is 0 Å². The van der Waals surface area contributed by atoms with E-state index in [1.165, 1.54) is 0 Å². The number of carbonyl (C=O) groups is 2. The molecule has 1 aliphatic rings. The van der Waals surface area contributed by atoms with Crippen molar-refractivity contribution in [3.05, 3.63) is 65.2 Å². The molecule has 0 saturated heterocycles. The van der Waals surface area contributed by atoms with E-state index in [1.807, 2.05) is 43.3 Å². The van der Waals surface area contributed by atoms with E-state index in [-0.39, 0.29) is 17.6 Å². The molecule has 1 atom stereocenters. The Balaban J connectivity index is 1.91. The zero-order chi connectivity index (χ0) is 14.8. The molecule has 0 radical (unpaired) electrons. The number of carbonyl (C=O) groups excluding carboxylic acids is 2. The lowest BCUT2D eigenvalue weighted by Crippen LogP contribution is -2.21. The number of hydrogen-bond donors (Lipinski definition) is 1. The maximum Gasteiger partial charge on any atom is 0.255 e. The fourth-order valence-electron chi connectivity index (χ4n) is 2.83. The average molecular weight is 279 g/mol. The molecule has 1 amide bonds. The van der Waals surface area contributed by atoms with Crippen molar-refractivity contribution in [1.29, 1.82) is 0 Å². The van der Waals surface area contributed by atoms with Crippen molar-refractivity contribution in [3.8, 4) is 0 Å². The van der Waals surface area contributed by atoms with Crippen LogP contribution in [0.5, 0.6) is 0 Å². The van der Waals surface area contributed by atoms with E-state index in [2.05, 4.69) is 5.32 Å². The molecule has 0 spiro atoms. The maximum atomic E-state index is 12.3. The summed E-state index contributed by atoms with van der Waals surface area (Å²) in [6, 6.07) is 14.9. The van der Waals surface area contributed by atoms with Crippen LogP contribution in [0.1, 0.15) is 40.7 Å². The van der Waals surface area contributed by atoms with Gasteiger partial charge in [0.2, 0.25) is 0 Å². The Morgan fingerprint density at radius 1 is 1.05 bits per heavy atom. The van der Waals surface area contributed by atoms with Gasteiger partial charge < -0.3 is 5.32 Å². The molecule has 1 aliphatic carbocycles. The Hall–Kier alpha value is -2.42. The van der Waals surface area contributed by atoms with E-state index in [0.717, 1.165) is 16.8 Å². The third-order valence-corrected chi connectivity index (χ3v) is 4.07. The Kier molecular flexibility index (Phi) is 3.57. The molecular weight excluding hydrogens is 262 g/mol. The Morgan fingerprint density at radius 3 is 2.57 bits per heavy atom. The normalized spacial score (nSPS) is 17.2. The summed E-state index contributed by atoms with van der Waals surface area (Å²) in [4.78, 5) is 24.1. The van der Waals surface area contributed by atoms with E-state index in [1.54, 1.807) is 12.1 Å². The monoisotopic (exact) mass is 279 g/mol. The molecule has 2 aromatic rings. The molecule has 0 saturated carbocycles. The summed E-state index contributed by atoms with van der Waals surface area (Å²) in [5.74, 6) is 0.0740. The third kappa shape index (κ3) is 2.59. The summed E-state index contributed by atoms with van der Waals surface area (Å²) < 4.78 is 0. The Morgan fingerprint density at radius 2 is 1.81 bits per heavy atom. The molecule has 3 nitrogen and oxygen atoms in total. The van der Waals surface area contributed by atoms with Crippen LogP contribution >= 0.6 is 0 Å². The van der Waals surface area contributed by atoms with Gasteiger partial charge in [-0.2, -0.15) is 0 Å². The van der Waals surface area contributed by atoms with Gasteiger partial charge in [-0.25, -0.2) is 0 Å².